The van der Waals surface area contributed by atoms with Crippen molar-refractivity contribution in [1.82, 2.24) is 10.6 Å². The molecule has 0 aromatic heterocycles. The summed E-state index contributed by atoms with van der Waals surface area (Å²) in [6.45, 7) is 2.54. The van der Waals surface area contributed by atoms with E-state index < -0.39 is 0 Å². The van der Waals surface area contributed by atoms with E-state index in [1.54, 1.807) is 0 Å². The summed E-state index contributed by atoms with van der Waals surface area (Å²) in [5.41, 5.74) is 0. The number of aliphatic hydroxyl groups is 1. The topological polar surface area (TPSA) is 61.4 Å². The Balaban J connectivity index is 2.00. The second-order valence-corrected chi connectivity index (χ2v) is 3.42. The van der Waals surface area contributed by atoms with Crippen LogP contribution in [0.25, 0.3) is 0 Å². The number of urea groups is 1. The Morgan fingerprint density at radius 3 is 2.83 bits per heavy atom. The van der Waals surface area contributed by atoms with Crippen LogP contribution in [-0.4, -0.2) is 30.3 Å². The van der Waals surface area contributed by atoms with Gasteiger partial charge >= 0.3 is 6.03 Å². The molecule has 0 aromatic rings. The van der Waals surface area contributed by atoms with Crippen molar-refractivity contribution in [2.45, 2.75) is 25.8 Å². The molecule has 2 amide bonds. The molecule has 1 unspecified atom stereocenters. The Kier molecular flexibility index (Phi) is 3.34. The molecule has 4 nitrogen and oxygen atoms in total. The van der Waals surface area contributed by atoms with Gasteiger partial charge in [-0.1, -0.05) is 6.92 Å². The first-order valence-electron chi connectivity index (χ1n) is 4.37. The summed E-state index contributed by atoms with van der Waals surface area (Å²) < 4.78 is 0. The van der Waals surface area contributed by atoms with Gasteiger partial charge in [0.1, 0.15) is 0 Å². The van der Waals surface area contributed by atoms with E-state index in [1.807, 2.05) is 6.92 Å². The van der Waals surface area contributed by atoms with Crippen molar-refractivity contribution in [2.24, 2.45) is 5.92 Å². The molecule has 70 valence electrons. The maximum Gasteiger partial charge on any atom is 0.315 e. The van der Waals surface area contributed by atoms with Crippen LogP contribution in [0.1, 0.15) is 19.8 Å². The second-order valence-electron chi connectivity index (χ2n) is 3.42. The van der Waals surface area contributed by atoms with E-state index in [9.17, 15) is 4.79 Å². The summed E-state index contributed by atoms with van der Waals surface area (Å²) in [5.74, 6) is 0.134. The summed E-state index contributed by atoms with van der Waals surface area (Å²) in [6, 6.07) is 0.284. The smallest absolute Gasteiger partial charge is 0.315 e. The van der Waals surface area contributed by atoms with Crippen molar-refractivity contribution in [3.8, 4) is 0 Å². The maximum atomic E-state index is 11.0. The average Bonchev–Trinajstić information content (AvgIpc) is 2.84. The van der Waals surface area contributed by atoms with E-state index in [0.717, 1.165) is 12.8 Å². The summed E-state index contributed by atoms with van der Waals surface area (Å²) >= 11 is 0. The Bertz CT molecular complexity index is 157. The molecule has 1 aliphatic rings. The lowest BCUT2D eigenvalue weighted by Gasteiger charge is -2.09. The standard InChI is InChI=1S/C8H16N2O2/c1-6(5-11)4-9-8(12)10-7-2-3-7/h6-7,11H,2-5H2,1H3,(H2,9,10,12). The van der Waals surface area contributed by atoms with Crippen LogP contribution >= 0.6 is 0 Å². The predicted octanol–water partition coefficient (Wildman–Crippen LogP) is 0.0764. The summed E-state index contributed by atoms with van der Waals surface area (Å²) in [5, 5.41) is 14.2. The van der Waals surface area contributed by atoms with Gasteiger partial charge in [-0.25, -0.2) is 4.79 Å². The molecule has 1 fully saturated rings. The minimum absolute atomic E-state index is 0.113. The molecular weight excluding hydrogens is 156 g/mol. The van der Waals surface area contributed by atoms with Gasteiger partial charge in [-0.2, -0.15) is 0 Å². The van der Waals surface area contributed by atoms with Crippen LogP contribution < -0.4 is 10.6 Å². The molecule has 1 rings (SSSR count). The number of amides is 2. The molecule has 0 spiro atoms. The molecule has 12 heavy (non-hydrogen) atoms. The van der Waals surface area contributed by atoms with Crippen LogP contribution in [0.5, 0.6) is 0 Å². The van der Waals surface area contributed by atoms with Gasteiger partial charge in [0.25, 0.3) is 0 Å². The van der Waals surface area contributed by atoms with Crippen molar-refractivity contribution in [1.29, 1.82) is 0 Å². The molecule has 0 aliphatic heterocycles. The Labute approximate surface area is 72.3 Å². The number of carbonyl (C=O) groups excluding carboxylic acids is 1. The third-order valence-electron chi connectivity index (χ3n) is 1.84. The summed E-state index contributed by atoms with van der Waals surface area (Å²) in [6.07, 6.45) is 2.20. The van der Waals surface area contributed by atoms with Gasteiger partial charge < -0.3 is 15.7 Å². The predicted molar refractivity (Wildman–Crippen MR) is 45.8 cm³/mol. The lowest BCUT2D eigenvalue weighted by molar-refractivity contribution is 0.222. The highest BCUT2D eigenvalue weighted by atomic mass is 16.3. The summed E-state index contributed by atoms with van der Waals surface area (Å²) in [7, 11) is 0. The van der Waals surface area contributed by atoms with E-state index in [4.69, 9.17) is 5.11 Å². The zero-order valence-corrected chi connectivity index (χ0v) is 7.34. The van der Waals surface area contributed by atoms with Crippen molar-refractivity contribution in [3.05, 3.63) is 0 Å². The largest absolute Gasteiger partial charge is 0.396 e. The van der Waals surface area contributed by atoms with Crippen LogP contribution in [0.4, 0.5) is 4.79 Å². The minimum atomic E-state index is -0.113. The van der Waals surface area contributed by atoms with Crippen LogP contribution in [0.3, 0.4) is 0 Å². The monoisotopic (exact) mass is 172 g/mol. The van der Waals surface area contributed by atoms with Crippen LogP contribution in [0, 0.1) is 5.92 Å². The van der Waals surface area contributed by atoms with Crippen molar-refractivity contribution < 1.29 is 9.90 Å². The molecule has 0 radical (unpaired) electrons. The third kappa shape index (κ3) is 3.57. The molecular formula is C8H16N2O2. The highest BCUT2D eigenvalue weighted by Crippen LogP contribution is 2.18. The lowest BCUT2D eigenvalue weighted by Crippen LogP contribution is -2.39. The van der Waals surface area contributed by atoms with Gasteiger partial charge in [0.2, 0.25) is 0 Å². The number of rotatable bonds is 4. The van der Waals surface area contributed by atoms with Crippen LogP contribution in [0.15, 0.2) is 0 Å². The first kappa shape index (κ1) is 9.32. The van der Waals surface area contributed by atoms with Crippen molar-refractivity contribution >= 4 is 6.03 Å². The maximum absolute atomic E-state index is 11.0. The SMILES string of the molecule is CC(CO)CNC(=O)NC1CC1. The average molecular weight is 172 g/mol. The molecule has 3 N–H and O–H groups in total. The first-order chi connectivity index (χ1) is 5.72. The van der Waals surface area contributed by atoms with E-state index in [1.165, 1.54) is 0 Å². The molecule has 0 saturated heterocycles. The van der Waals surface area contributed by atoms with Gasteiger partial charge in [0.05, 0.1) is 0 Å². The number of nitrogens with one attached hydrogen (secondary N) is 2. The highest BCUT2D eigenvalue weighted by molar-refractivity contribution is 5.74. The quantitative estimate of drug-likeness (QED) is 0.562. The fourth-order valence-electron chi connectivity index (χ4n) is 0.796. The van der Waals surface area contributed by atoms with Gasteiger partial charge in [-0.3, -0.25) is 0 Å². The van der Waals surface area contributed by atoms with Crippen molar-refractivity contribution in [2.75, 3.05) is 13.2 Å². The molecule has 1 atom stereocenters. The van der Waals surface area contributed by atoms with Gasteiger partial charge in [-0.05, 0) is 18.8 Å². The minimum Gasteiger partial charge on any atom is -0.396 e. The Morgan fingerprint density at radius 1 is 1.67 bits per heavy atom. The van der Waals surface area contributed by atoms with Crippen LogP contribution in [-0.2, 0) is 0 Å². The Hall–Kier alpha value is -0.770. The van der Waals surface area contributed by atoms with E-state index in [2.05, 4.69) is 10.6 Å². The van der Waals surface area contributed by atoms with E-state index >= 15 is 0 Å². The number of hydrogen-bond donors (Lipinski definition) is 3. The highest BCUT2D eigenvalue weighted by Gasteiger charge is 2.22. The number of carbonyl (C=O) groups is 1. The van der Waals surface area contributed by atoms with Crippen molar-refractivity contribution in [3.63, 3.8) is 0 Å². The zero-order valence-electron chi connectivity index (χ0n) is 7.34. The number of hydrogen-bond acceptors (Lipinski definition) is 2. The third-order valence-corrected chi connectivity index (χ3v) is 1.84. The molecule has 0 bridgehead atoms. The zero-order chi connectivity index (χ0) is 8.97. The summed E-state index contributed by atoms with van der Waals surface area (Å²) in [4.78, 5) is 11.0. The van der Waals surface area contributed by atoms with Gasteiger partial charge in [-0.15, -0.1) is 0 Å². The van der Waals surface area contributed by atoms with E-state index in [-0.39, 0.29) is 18.6 Å². The molecule has 1 aliphatic carbocycles. The Morgan fingerprint density at radius 2 is 2.33 bits per heavy atom. The fraction of sp³-hybridized carbons (Fsp3) is 0.875. The molecule has 1 saturated carbocycles. The first-order valence-corrected chi connectivity index (χ1v) is 4.37. The molecule has 4 heteroatoms. The van der Waals surface area contributed by atoms with E-state index in [0.29, 0.717) is 12.6 Å². The van der Waals surface area contributed by atoms with Crippen LogP contribution in [0.2, 0.25) is 0 Å². The molecule has 0 heterocycles. The lowest BCUT2D eigenvalue weighted by atomic mass is 10.2. The second kappa shape index (κ2) is 4.30. The van der Waals surface area contributed by atoms with Gasteiger partial charge in [0.15, 0.2) is 0 Å². The molecule has 0 aromatic carbocycles. The normalized spacial score (nSPS) is 18.5. The number of aliphatic hydroxyl groups excluding tert-OH is 1. The fourth-order valence-corrected chi connectivity index (χ4v) is 0.796. The van der Waals surface area contributed by atoms with Gasteiger partial charge in [0, 0.05) is 19.2 Å².